The zero-order valence-electron chi connectivity index (χ0n) is 8.40. The summed E-state index contributed by atoms with van der Waals surface area (Å²) in [5, 5.41) is 19.1. The van der Waals surface area contributed by atoms with Crippen molar-refractivity contribution in [1.82, 2.24) is 4.90 Å². The first-order valence-electron chi connectivity index (χ1n) is 5.06. The maximum Gasteiger partial charge on any atom is 0.0911 e. The molecule has 0 saturated heterocycles. The van der Waals surface area contributed by atoms with Crippen molar-refractivity contribution in [2.45, 2.75) is 18.4 Å². The summed E-state index contributed by atoms with van der Waals surface area (Å²) >= 11 is 0. The number of fused-ring (bicyclic) bond motifs is 1. The summed E-state index contributed by atoms with van der Waals surface area (Å²) in [6.07, 6.45) is 1.89. The van der Waals surface area contributed by atoms with Crippen molar-refractivity contribution in [2.75, 3.05) is 27.2 Å². The van der Waals surface area contributed by atoms with Gasteiger partial charge in [-0.05, 0) is 44.7 Å². The maximum absolute atomic E-state index is 10.0. The van der Waals surface area contributed by atoms with Crippen LogP contribution in [0.15, 0.2) is 0 Å². The molecule has 13 heavy (non-hydrogen) atoms. The van der Waals surface area contributed by atoms with Crippen molar-refractivity contribution >= 4 is 0 Å². The zero-order valence-corrected chi connectivity index (χ0v) is 8.40. The SMILES string of the molecule is CN(C)CC1C2CCC(O)(CO)C21. The first-order valence-corrected chi connectivity index (χ1v) is 5.06. The lowest BCUT2D eigenvalue weighted by Gasteiger charge is -2.24. The molecular formula is C10H19NO2. The predicted molar refractivity (Wildman–Crippen MR) is 50.3 cm³/mol. The van der Waals surface area contributed by atoms with Gasteiger partial charge in [0.25, 0.3) is 0 Å². The van der Waals surface area contributed by atoms with Gasteiger partial charge in [0.1, 0.15) is 0 Å². The molecule has 4 atom stereocenters. The lowest BCUT2D eigenvalue weighted by molar-refractivity contribution is -0.0329. The monoisotopic (exact) mass is 185 g/mol. The smallest absolute Gasteiger partial charge is 0.0911 e. The van der Waals surface area contributed by atoms with E-state index >= 15 is 0 Å². The van der Waals surface area contributed by atoms with Crippen molar-refractivity contribution < 1.29 is 10.2 Å². The molecule has 0 aromatic carbocycles. The van der Waals surface area contributed by atoms with E-state index in [1.54, 1.807) is 0 Å². The van der Waals surface area contributed by atoms with E-state index < -0.39 is 5.60 Å². The Bertz CT molecular complexity index is 207. The van der Waals surface area contributed by atoms with Gasteiger partial charge < -0.3 is 15.1 Å². The molecule has 2 rings (SSSR count). The molecule has 3 nitrogen and oxygen atoms in total. The van der Waals surface area contributed by atoms with Gasteiger partial charge in [0, 0.05) is 6.54 Å². The second-order valence-corrected chi connectivity index (χ2v) is 4.92. The third-order valence-corrected chi connectivity index (χ3v) is 3.71. The second kappa shape index (κ2) is 2.94. The molecule has 2 aliphatic rings. The number of rotatable bonds is 3. The lowest BCUT2D eigenvalue weighted by Crippen LogP contribution is -2.35. The van der Waals surface area contributed by atoms with E-state index in [1.165, 1.54) is 0 Å². The Morgan fingerprint density at radius 2 is 2.15 bits per heavy atom. The Morgan fingerprint density at radius 3 is 2.69 bits per heavy atom. The molecule has 0 amide bonds. The molecule has 2 fully saturated rings. The van der Waals surface area contributed by atoms with Crippen LogP contribution in [0.5, 0.6) is 0 Å². The van der Waals surface area contributed by atoms with E-state index in [0.717, 1.165) is 19.4 Å². The summed E-state index contributed by atoms with van der Waals surface area (Å²) in [6, 6.07) is 0. The third kappa shape index (κ3) is 1.39. The van der Waals surface area contributed by atoms with Crippen LogP contribution in [0, 0.1) is 17.8 Å². The molecule has 0 aromatic heterocycles. The summed E-state index contributed by atoms with van der Waals surface area (Å²) in [5.74, 6) is 1.68. The minimum Gasteiger partial charge on any atom is -0.393 e. The highest BCUT2D eigenvalue weighted by atomic mass is 16.3. The van der Waals surface area contributed by atoms with Gasteiger partial charge in [0.15, 0.2) is 0 Å². The van der Waals surface area contributed by atoms with Crippen molar-refractivity contribution in [2.24, 2.45) is 17.8 Å². The minimum absolute atomic E-state index is 0.0574. The van der Waals surface area contributed by atoms with Crippen molar-refractivity contribution in [3.63, 3.8) is 0 Å². The Morgan fingerprint density at radius 1 is 1.46 bits per heavy atom. The molecule has 0 spiro atoms. The molecule has 2 saturated carbocycles. The zero-order chi connectivity index (χ0) is 9.64. The van der Waals surface area contributed by atoms with Crippen LogP contribution in [-0.2, 0) is 0 Å². The fraction of sp³-hybridized carbons (Fsp3) is 1.00. The Balaban J connectivity index is 1.95. The van der Waals surface area contributed by atoms with E-state index in [-0.39, 0.29) is 6.61 Å². The van der Waals surface area contributed by atoms with E-state index in [9.17, 15) is 5.11 Å². The highest BCUT2D eigenvalue weighted by Gasteiger charge is 2.64. The van der Waals surface area contributed by atoms with Gasteiger partial charge in [0.2, 0.25) is 0 Å². The standard InChI is InChI=1S/C10H19NO2/c1-11(2)5-8-7-3-4-10(13,6-12)9(7)8/h7-9,12-13H,3-6H2,1-2H3. The number of aliphatic hydroxyl groups excluding tert-OH is 1. The van der Waals surface area contributed by atoms with E-state index in [2.05, 4.69) is 19.0 Å². The van der Waals surface area contributed by atoms with Gasteiger partial charge in [0.05, 0.1) is 12.2 Å². The van der Waals surface area contributed by atoms with Gasteiger partial charge in [-0.1, -0.05) is 0 Å². The summed E-state index contributed by atoms with van der Waals surface area (Å²) in [7, 11) is 4.12. The quantitative estimate of drug-likeness (QED) is 0.647. The van der Waals surface area contributed by atoms with Crippen LogP contribution >= 0.6 is 0 Å². The van der Waals surface area contributed by atoms with Crippen LogP contribution in [0.4, 0.5) is 0 Å². The van der Waals surface area contributed by atoms with E-state index in [0.29, 0.717) is 17.8 Å². The molecule has 0 heterocycles. The third-order valence-electron chi connectivity index (χ3n) is 3.71. The normalized spacial score (nSPS) is 48.2. The maximum atomic E-state index is 10.0. The van der Waals surface area contributed by atoms with Crippen molar-refractivity contribution in [3.05, 3.63) is 0 Å². The summed E-state index contributed by atoms with van der Waals surface area (Å²) in [6.45, 7) is 0.996. The number of hydrogen-bond donors (Lipinski definition) is 2. The predicted octanol–water partition coefficient (Wildman–Crippen LogP) is -0.0726. The number of nitrogens with zero attached hydrogens (tertiary/aromatic N) is 1. The van der Waals surface area contributed by atoms with Crippen LogP contribution in [0.25, 0.3) is 0 Å². The Kier molecular flexibility index (Phi) is 2.13. The average Bonchev–Trinajstić information content (AvgIpc) is 2.61. The van der Waals surface area contributed by atoms with E-state index in [1.807, 2.05) is 0 Å². The largest absolute Gasteiger partial charge is 0.393 e. The van der Waals surface area contributed by atoms with Gasteiger partial charge in [-0.3, -0.25) is 0 Å². The van der Waals surface area contributed by atoms with E-state index in [4.69, 9.17) is 5.11 Å². The van der Waals surface area contributed by atoms with Gasteiger partial charge in [-0.25, -0.2) is 0 Å². The van der Waals surface area contributed by atoms with Crippen LogP contribution in [-0.4, -0.2) is 48.0 Å². The Hall–Kier alpha value is -0.120. The fourth-order valence-electron chi connectivity index (χ4n) is 3.07. The average molecular weight is 185 g/mol. The Labute approximate surface area is 79.4 Å². The molecule has 0 bridgehead atoms. The minimum atomic E-state index is -0.745. The molecule has 76 valence electrons. The first-order chi connectivity index (χ1) is 6.08. The van der Waals surface area contributed by atoms with Gasteiger partial charge in [-0.15, -0.1) is 0 Å². The van der Waals surface area contributed by atoms with Crippen LogP contribution < -0.4 is 0 Å². The summed E-state index contributed by atoms with van der Waals surface area (Å²) in [5.41, 5.74) is -0.745. The highest BCUT2D eigenvalue weighted by molar-refractivity contribution is 5.13. The molecule has 0 aliphatic heterocycles. The van der Waals surface area contributed by atoms with Crippen LogP contribution in [0.2, 0.25) is 0 Å². The molecule has 0 radical (unpaired) electrons. The summed E-state index contributed by atoms with van der Waals surface area (Å²) in [4.78, 5) is 2.17. The van der Waals surface area contributed by atoms with Gasteiger partial charge in [-0.2, -0.15) is 0 Å². The summed E-state index contributed by atoms with van der Waals surface area (Å²) < 4.78 is 0. The topological polar surface area (TPSA) is 43.7 Å². The lowest BCUT2D eigenvalue weighted by atomic mass is 9.95. The first kappa shape index (κ1) is 9.44. The number of hydrogen-bond acceptors (Lipinski definition) is 3. The molecular weight excluding hydrogens is 166 g/mol. The second-order valence-electron chi connectivity index (χ2n) is 4.92. The van der Waals surface area contributed by atoms with Crippen LogP contribution in [0.1, 0.15) is 12.8 Å². The van der Waals surface area contributed by atoms with Gasteiger partial charge >= 0.3 is 0 Å². The molecule has 2 aliphatic carbocycles. The molecule has 3 heteroatoms. The molecule has 0 aromatic rings. The fourth-order valence-corrected chi connectivity index (χ4v) is 3.07. The van der Waals surface area contributed by atoms with Crippen LogP contribution in [0.3, 0.4) is 0 Å². The van der Waals surface area contributed by atoms with Crippen molar-refractivity contribution in [3.8, 4) is 0 Å². The van der Waals surface area contributed by atoms with Crippen molar-refractivity contribution in [1.29, 1.82) is 0 Å². The highest BCUT2D eigenvalue weighted by Crippen LogP contribution is 2.62. The molecule has 4 unspecified atom stereocenters. The number of aliphatic hydroxyl groups is 2. The molecule has 2 N–H and O–H groups in total.